The van der Waals surface area contributed by atoms with Crippen LogP contribution in [0.2, 0.25) is 0 Å². The van der Waals surface area contributed by atoms with Crippen molar-refractivity contribution in [3.8, 4) is 0 Å². The van der Waals surface area contributed by atoms with Crippen molar-refractivity contribution in [2.24, 2.45) is 11.8 Å². The van der Waals surface area contributed by atoms with Crippen molar-refractivity contribution in [3.63, 3.8) is 0 Å². The van der Waals surface area contributed by atoms with Crippen LogP contribution in [0.3, 0.4) is 0 Å². The van der Waals surface area contributed by atoms with Crippen LogP contribution in [0.5, 0.6) is 0 Å². The monoisotopic (exact) mass is 284 g/mol. The molecular weight excluding hydrogens is 264 g/mol. The van der Waals surface area contributed by atoms with Crippen LogP contribution in [-0.2, 0) is 19.7 Å². The number of sulfone groups is 2. The number of rotatable bonds is 6. The summed E-state index contributed by atoms with van der Waals surface area (Å²) in [6.07, 6.45) is 2.83. The van der Waals surface area contributed by atoms with E-state index in [1.807, 2.05) is 0 Å². The average Bonchev–Trinajstić information content (AvgIpc) is 2.52. The highest BCUT2D eigenvalue weighted by Crippen LogP contribution is 2.28. The van der Waals surface area contributed by atoms with E-state index in [2.05, 4.69) is 0 Å². The van der Waals surface area contributed by atoms with Gasteiger partial charge in [-0.25, -0.2) is 16.8 Å². The Balaban J connectivity index is 2.45. The van der Waals surface area contributed by atoms with Crippen molar-refractivity contribution < 1.29 is 21.9 Å². The zero-order valence-electron chi connectivity index (χ0n) is 10.0. The lowest BCUT2D eigenvalue weighted by Crippen LogP contribution is -2.21. The number of hydrogen-bond acceptors (Lipinski definition) is 5. The first kappa shape index (κ1) is 14.9. The van der Waals surface area contributed by atoms with Gasteiger partial charge < -0.3 is 5.11 Å². The molecule has 0 aliphatic carbocycles. The van der Waals surface area contributed by atoms with E-state index in [9.17, 15) is 21.9 Å². The second-order valence-corrected chi connectivity index (χ2v) is 9.37. The van der Waals surface area contributed by atoms with E-state index in [-0.39, 0.29) is 35.7 Å². The van der Waals surface area contributed by atoms with Crippen molar-refractivity contribution >= 4 is 19.7 Å². The van der Waals surface area contributed by atoms with Gasteiger partial charge in [-0.1, -0.05) is 0 Å². The van der Waals surface area contributed by atoms with Crippen LogP contribution in [0.4, 0.5) is 0 Å². The minimum Gasteiger partial charge on any atom is -0.396 e. The first-order valence-electron chi connectivity index (χ1n) is 5.72. The molecule has 7 heteroatoms. The molecule has 5 nitrogen and oxygen atoms in total. The van der Waals surface area contributed by atoms with Crippen LogP contribution in [0, 0.1) is 11.8 Å². The summed E-state index contributed by atoms with van der Waals surface area (Å²) in [5.74, 6) is 0.332. The molecule has 2 unspecified atom stereocenters. The highest BCUT2D eigenvalue weighted by molar-refractivity contribution is 7.91. The Morgan fingerprint density at radius 1 is 1.41 bits per heavy atom. The fraction of sp³-hybridized carbons (Fsp3) is 1.00. The fourth-order valence-electron chi connectivity index (χ4n) is 2.28. The minimum absolute atomic E-state index is 0.00967. The Bertz CT molecular complexity index is 437. The molecule has 1 N–H and O–H groups in total. The molecule has 1 rings (SSSR count). The standard InChI is InChI=1S/C10H20O5S2/c1-16(12,13)5-2-3-9(7-11)10-4-6-17(14,15)8-10/h9-11H,2-8H2,1H3. The third kappa shape index (κ3) is 5.35. The van der Waals surface area contributed by atoms with Gasteiger partial charge in [-0.3, -0.25) is 0 Å². The van der Waals surface area contributed by atoms with Crippen LogP contribution >= 0.6 is 0 Å². The Labute approximate surface area is 103 Å². The molecule has 102 valence electrons. The minimum atomic E-state index is -2.97. The van der Waals surface area contributed by atoms with Gasteiger partial charge >= 0.3 is 0 Å². The smallest absolute Gasteiger partial charge is 0.150 e. The predicted molar refractivity (Wildman–Crippen MR) is 66.3 cm³/mol. The first-order chi connectivity index (χ1) is 7.73. The van der Waals surface area contributed by atoms with Gasteiger partial charge in [0.25, 0.3) is 0 Å². The second-order valence-electron chi connectivity index (χ2n) is 4.88. The zero-order chi connectivity index (χ0) is 13.1. The van der Waals surface area contributed by atoms with Crippen molar-refractivity contribution in [2.75, 3.05) is 30.1 Å². The topological polar surface area (TPSA) is 88.5 Å². The summed E-state index contributed by atoms with van der Waals surface area (Å²) in [5.41, 5.74) is 0. The molecule has 2 atom stereocenters. The molecule has 0 aromatic rings. The molecule has 0 spiro atoms. The van der Waals surface area contributed by atoms with Gasteiger partial charge in [0.1, 0.15) is 9.84 Å². The molecule has 0 amide bonds. The quantitative estimate of drug-likeness (QED) is 0.733. The van der Waals surface area contributed by atoms with Gasteiger partial charge in [0, 0.05) is 18.6 Å². The van der Waals surface area contributed by atoms with E-state index in [4.69, 9.17) is 0 Å². The summed E-state index contributed by atoms with van der Waals surface area (Å²) in [6, 6.07) is 0. The molecule has 1 heterocycles. The van der Waals surface area contributed by atoms with Crippen LogP contribution in [0.25, 0.3) is 0 Å². The van der Waals surface area contributed by atoms with Crippen LogP contribution in [0.15, 0.2) is 0 Å². The second kappa shape index (κ2) is 5.67. The van der Waals surface area contributed by atoms with E-state index in [0.29, 0.717) is 19.3 Å². The maximum Gasteiger partial charge on any atom is 0.150 e. The summed E-state index contributed by atoms with van der Waals surface area (Å²) >= 11 is 0. The molecule has 0 aromatic carbocycles. The molecule has 0 radical (unpaired) electrons. The lowest BCUT2D eigenvalue weighted by molar-refractivity contribution is 0.175. The largest absolute Gasteiger partial charge is 0.396 e. The van der Waals surface area contributed by atoms with Gasteiger partial charge in [-0.2, -0.15) is 0 Å². The van der Waals surface area contributed by atoms with Crippen LogP contribution in [-0.4, -0.2) is 52.1 Å². The lowest BCUT2D eigenvalue weighted by Gasteiger charge is -2.19. The van der Waals surface area contributed by atoms with Crippen LogP contribution in [0.1, 0.15) is 19.3 Å². The molecule has 0 bridgehead atoms. The first-order valence-corrected chi connectivity index (χ1v) is 9.61. The van der Waals surface area contributed by atoms with Gasteiger partial charge in [0.05, 0.1) is 11.5 Å². The fourth-order valence-corrected chi connectivity index (χ4v) is 4.89. The highest BCUT2D eigenvalue weighted by atomic mass is 32.2. The van der Waals surface area contributed by atoms with E-state index >= 15 is 0 Å². The summed E-state index contributed by atoms with van der Waals surface area (Å²) < 4.78 is 44.6. The summed E-state index contributed by atoms with van der Waals surface area (Å²) in [4.78, 5) is 0. The van der Waals surface area contributed by atoms with Crippen molar-refractivity contribution in [1.29, 1.82) is 0 Å². The normalized spacial score (nSPS) is 25.9. The molecule has 0 aromatic heterocycles. The summed E-state index contributed by atoms with van der Waals surface area (Å²) in [5, 5.41) is 9.24. The highest BCUT2D eigenvalue weighted by Gasteiger charge is 2.33. The van der Waals surface area contributed by atoms with Gasteiger partial charge in [-0.05, 0) is 31.1 Å². The number of aliphatic hydroxyl groups is 1. The molecule has 1 saturated heterocycles. The third-order valence-electron chi connectivity index (χ3n) is 3.26. The Hall–Kier alpha value is -0.140. The molecule has 17 heavy (non-hydrogen) atoms. The van der Waals surface area contributed by atoms with E-state index < -0.39 is 19.7 Å². The zero-order valence-corrected chi connectivity index (χ0v) is 11.6. The Morgan fingerprint density at radius 2 is 2.06 bits per heavy atom. The van der Waals surface area contributed by atoms with Gasteiger partial charge in [0.2, 0.25) is 0 Å². The maximum absolute atomic E-state index is 11.3. The number of aliphatic hydroxyl groups excluding tert-OH is 1. The number of hydrogen-bond donors (Lipinski definition) is 1. The van der Waals surface area contributed by atoms with Crippen LogP contribution < -0.4 is 0 Å². The Morgan fingerprint density at radius 3 is 2.47 bits per heavy atom. The molecule has 0 saturated carbocycles. The predicted octanol–water partition coefficient (Wildman–Crippen LogP) is -0.146. The molecule has 1 aliphatic rings. The molecule has 1 aliphatic heterocycles. The van der Waals surface area contributed by atoms with E-state index in [0.717, 1.165) is 0 Å². The lowest BCUT2D eigenvalue weighted by atomic mass is 9.89. The third-order valence-corrected chi connectivity index (χ3v) is 6.08. The summed E-state index contributed by atoms with van der Waals surface area (Å²) in [7, 11) is -5.91. The molecule has 1 fully saturated rings. The van der Waals surface area contributed by atoms with Gasteiger partial charge in [-0.15, -0.1) is 0 Å². The van der Waals surface area contributed by atoms with E-state index in [1.165, 1.54) is 6.26 Å². The van der Waals surface area contributed by atoms with Gasteiger partial charge in [0.15, 0.2) is 9.84 Å². The molecular formula is C10H20O5S2. The van der Waals surface area contributed by atoms with E-state index in [1.54, 1.807) is 0 Å². The SMILES string of the molecule is CS(=O)(=O)CCCC(CO)C1CCS(=O)(=O)C1. The Kier molecular flexibility index (Phi) is 4.97. The van der Waals surface area contributed by atoms with Crippen molar-refractivity contribution in [2.45, 2.75) is 19.3 Å². The maximum atomic E-state index is 11.3. The summed E-state index contributed by atoms with van der Waals surface area (Å²) in [6.45, 7) is -0.0655. The van der Waals surface area contributed by atoms with Crippen molar-refractivity contribution in [3.05, 3.63) is 0 Å². The average molecular weight is 284 g/mol. The van der Waals surface area contributed by atoms with Crippen molar-refractivity contribution in [1.82, 2.24) is 0 Å².